The molecule has 0 aliphatic carbocycles. The molecule has 124 valence electrons. The third-order valence-electron chi connectivity index (χ3n) is 3.32. The van der Waals surface area contributed by atoms with Crippen LogP contribution in [0.1, 0.15) is 52.4 Å². The Hall–Kier alpha value is -1.30. The summed E-state index contributed by atoms with van der Waals surface area (Å²) in [7, 11) is 0. The van der Waals surface area contributed by atoms with Gasteiger partial charge in [-0.15, -0.1) is 0 Å². The molecule has 1 amide bonds. The maximum absolute atomic E-state index is 11.8. The Morgan fingerprint density at radius 2 is 1.81 bits per heavy atom. The number of hydrogen-bond acceptors (Lipinski definition) is 3. The van der Waals surface area contributed by atoms with E-state index >= 15 is 0 Å². The maximum atomic E-state index is 11.8. The van der Waals surface area contributed by atoms with E-state index in [2.05, 4.69) is 22.5 Å². The highest BCUT2D eigenvalue weighted by Crippen LogP contribution is 2.08. The van der Waals surface area contributed by atoms with E-state index in [1.807, 2.05) is 6.92 Å². The van der Waals surface area contributed by atoms with Gasteiger partial charge in [0.05, 0.1) is 0 Å². The lowest BCUT2D eigenvalue weighted by molar-refractivity contribution is -0.124. The first-order valence-electron chi connectivity index (χ1n) is 8.11. The number of rotatable bonds is 13. The van der Waals surface area contributed by atoms with Crippen LogP contribution in [0, 0.1) is 5.92 Å². The fourth-order valence-electron chi connectivity index (χ4n) is 1.97. The Morgan fingerprint density at radius 1 is 1.10 bits per heavy atom. The minimum absolute atomic E-state index is 0.129. The van der Waals surface area contributed by atoms with E-state index in [4.69, 9.17) is 11.5 Å². The SMILES string of the molecule is CCCCCC(C)C(=O)NCCCNCCCN=C(N)N. The van der Waals surface area contributed by atoms with Crippen molar-refractivity contribution in [3.63, 3.8) is 0 Å². The lowest BCUT2D eigenvalue weighted by Crippen LogP contribution is -2.31. The zero-order valence-electron chi connectivity index (χ0n) is 13.7. The number of unbranched alkanes of at least 4 members (excludes halogenated alkanes) is 2. The lowest BCUT2D eigenvalue weighted by atomic mass is 10.0. The Kier molecular flexibility index (Phi) is 12.8. The van der Waals surface area contributed by atoms with Gasteiger partial charge in [-0.1, -0.05) is 33.1 Å². The summed E-state index contributed by atoms with van der Waals surface area (Å²) in [6.45, 7) is 7.35. The molecule has 0 radical (unpaired) electrons. The molecular weight excluding hydrogens is 266 g/mol. The van der Waals surface area contributed by atoms with E-state index in [0.717, 1.165) is 45.3 Å². The molecule has 0 fully saturated rings. The summed E-state index contributed by atoms with van der Waals surface area (Å²) < 4.78 is 0. The normalized spacial score (nSPS) is 11.9. The molecule has 0 saturated carbocycles. The van der Waals surface area contributed by atoms with Gasteiger partial charge >= 0.3 is 0 Å². The average Bonchev–Trinajstić information content (AvgIpc) is 2.45. The van der Waals surface area contributed by atoms with Crippen molar-refractivity contribution in [1.29, 1.82) is 0 Å². The first kappa shape index (κ1) is 19.7. The van der Waals surface area contributed by atoms with Crippen molar-refractivity contribution in [3.8, 4) is 0 Å². The van der Waals surface area contributed by atoms with Crippen LogP contribution in [0.25, 0.3) is 0 Å². The molecule has 0 aromatic heterocycles. The fraction of sp³-hybridized carbons (Fsp3) is 0.867. The molecule has 6 heteroatoms. The summed E-state index contributed by atoms with van der Waals surface area (Å²) in [4.78, 5) is 15.7. The van der Waals surface area contributed by atoms with E-state index in [-0.39, 0.29) is 17.8 Å². The molecule has 0 rings (SSSR count). The van der Waals surface area contributed by atoms with Crippen LogP contribution in [-0.2, 0) is 4.79 Å². The first-order chi connectivity index (χ1) is 10.1. The molecule has 0 saturated heterocycles. The summed E-state index contributed by atoms with van der Waals surface area (Å²) in [5.41, 5.74) is 10.5. The third-order valence-corrected chi connectivity index (χ3v) is 3.32. The summed E-state index contributed by atoms with van der Waals surface area (Å²) >= 11 is 0. The zero-order valence-corrected chi connectivity index (χ0v) is 13.7. The Morgan fingerprint density at radius 3 is 2.48 bits per heavy atom. The second-order valence-corrected chi connectivity index (χ2v) is 5.45. The quantitative estimate of drug-likeness (QED) is 0.231. The van der Waals surface area contributed by atoms with Crippen molar-refractivity contribution < 1.29 is 4.79 Å². The molecule has 0 bridgehead atoms. The first-order valence-corrected chi connectivity index (χ1v) is 8.11. The molecule has 0 spiro atoms. The van der Waals surface area contributed by atoms with E-state index < -0.39 is 0 Å². The van der Waals surface area contributed by atoms with Crippen LogP contribution in [0.4, 0.5) is 0 Å². The predicted octanol–water partition coefficient (Wildman–Crippen LogP) is 0.962. The smallest absolute Gasteiger partial charge is 0.222 e. The summed E-state index contributed by atoms with van der Waals surface area (Å²) in [6.07, 6.45) is 6.39. The number of amides is 1. The number of nitrogens with zero attached hydrogens (tertiary/aromatic N) is 1. The van der Waals surface area contributed by atoms with Crippen molar-refractivity contribution in [2.24, 2.45) is 22.4 Å². The number of aliphatic imine (C=N–C) groups is 1. The maximum Gasteiger partial charge on any atom is 0.222 e. The minimum atomic E-state index is 0.129. The minimum Gasteiger partial charge on any atom is -0.370 e. The van der Waals surface area contributed by atoms with Crippen LogP contribution >= 0.6 is 0 Å². The summed E-state index contributed by atoms with van der Waals surface area (Å²) in [5, 5.41) is 6.29. The molecule has 0 aromatic carbocycles. The molecule has 0 aliphatic rings. The van der Waals surface area contributed by atoms with Crippen LogP contribution < -0.4 is 22.1 Å². The molecule has 1 atom stereocenters. The highest BCUT2D eigenvalue weighted by molar-refractivity contribution is 5.78. The second-order valence-electron chi connectivity index (χ2n) is 5.45. The molecule has 0 aromatic rings. The van der Waals surface area contributed by atoms with E-state index in [1.54, 1.807) is 0 Å². The average molecular weight is 299 g/mol. The van der Waals surface area contributed by atoms with Crippen molar-refractivity contribution in [1.82, 2.24) is 10.6 Å². The van der Waals surface area contributed by atoms with Gasteiger partial charge in [0.2, 0.25) is 5.91 Å². The van der Waals surface area contributed by atoms with Crippen LogP contribution in [0.2, 0.25) is 0 Å². The van der Waals surface area contributed by atoms with Gasteiger partial charge < -0.3 is 22.1 Å². The highest BCUT2D eigenvalue weighted by atomic mass is 16.1. The van der Waals surface area contributed by atoms with Gasteiger partial charge in [-0.2, -0.15) is 0 Å². The van der Waals surface area contributed by atoms with E-state index in [0.29, 0.717) is 6.54 Å². The number of guanidine groups is 1. The standard InChI is InChI=1S/C15H33N5O/c1-3-4-5-8-13(2)14(21)19-11-6-9-18-10-7-12-20-15(16)17/h13,18H,3-12H2,1-2H3,(H,19,21)(H4,16,17,20). The highest BCUT2D eigenvalue weighted by Gasteiger charge is 2.10. The fourth-order valence-corrected chi connectivity index (χ4v) is 1.97. The largest absolute Gasteiger partial charge is 0.370 e. The van der Waals surface area contributed by atoms with Gasteiger partial charge in [0.25, 0.3) is 0 Å². The molecule has 1 unspecified atom stereocenters. The van der Waals surface area contributed by atoms with E-state index in [1.165, 1.54) is 12.8 Å². The van der Waals surface area contributed by atoms with Crippen molar-refractivity contribution >= 4 is 11.9 Å². The van der Waals surface area contributed by atoms with Gasteiger partial charge in [-0.25, -0.2) is 0 Å². The van der Waals surface area contributed by atoms with Gasteiger partial charge in [-0.05, 0) is 32.4 Å². The van der Waals surface area contributed by atoms with Gasteiger partial charge in [0, 0.05) is 19.0 Å². The number of nitrogens with one attached hydrogen (secondary N) is 2. The number of nitrogens with two attached hydrogens (primary N) is 2. The summed E-state index contributed by atoms with van der Waals surface area (Å²) in [6, 6.07) is 0. The monoisotopic (exact) mass is 299 g/mol. The second kappa shape index (κ2) is 13.7. The van der Waals surface area contributed by atoms with Gasteiger partial charge in [0.1, 0.15) is 0 Å². The molecule has 6 N–H and O–H groups in total. The number of carbonyl (C=O) groups is 1. The van der Waals surface area contributed by atoms with Crippen LogP contribution in [0.3, 0.4) is 0 Å². The molecule has 6 nitrogen and oxygen atoms in total. The van der Waals surface area contributed by atoms with Crippen LogP contribution in [0.15, 0.2) is 4.99 Å². The molecular formula is C15H33N5O. The lowest BCUT2D eigenvalue weighted by Gasteiger charge is -2.12. The Bertz CT molecular complexity index is 290. The van der Waals surface area contributed by atoms with Gasteiger partial charge in [-0.3, -0.25) is 9.79 Å². The molecule has 0 aliphatic heterocycles. The van der Waals surface area contributed by atoms with Crippen molar-refractivity contribution in [2.45, 2.75) is 52.4 Å². The molecule has 21 heavy (non-hydrogen) atoms. The third kappa shape index (κ3) is 13.4. The van der Waals surface area contributed by atoms with Crippen LogP contribution in [-0.4, -0.2) is 38.0 Å². The van der Waals surface area contributed by atoms with Crippen molar-refractivity contribution in [2.75, 3.05) is 26.2 Å². The van der Waals surface area contributed by atoms with E-state index in [9.17, 15) is 4.79 Å². The van der Waals surface area contributed by atoms with Crippen molar-refractivity contribution in [3.05, 3.63) is 0 Å². The number of hydrogen-bond donors (Lipinski definition) is 4. The number of carbonyl (C=O) groups excluding carboxylic acids is 1. The molecule has 0 heterocycles. The Balaban J connectivity index is 3.37. The zero-order chi connectivity index (χ0) is 15.9. The van der Waals surface area contributed by atoms with Gasteiger partial charge in [0.15, 0.2) is 5.96 Å². The Labute approximate surface area is 129 Å². The summed E-state index contributed by atoms with van der Waals surface area (Å²) in [5.74, 6) is 0.453. The van der Waals surface area contributed by atoms with Crippen LogP contribution in [0.5, 0.6) is 0 Å². The topological polar surface area (TPSA) is 106 Å². The predicted molar refractivity (Wildman–Crippen MR) is 89.1 cm³/mol.